The molecule has 2 heterocycles. The van der Waals surface area contributed by atoms with E-state index >= 15 is 0 Å². The van der Waals surface area contributed by atoms with Crippen LogP contribution in [0.5, 0.6) is 0 Å². The van der Waals surface area contributed by atoms with Crippen molar-refractivity contribution in [2.24, 2.45) is 0 Å². The van der Waals surface area contributed by atoms with Gasteiger partial charge in [-0.05, 0) is 42.1 Å². The maximum atomic E-state index is 13.1. The first kappa shape index (κ1) is 14.8. The summed E-state index contributed by atoms with van der Waals surface area (Å²) in [5, 5.41) is 3.27. The third kappa shape index (κ3) is 3.57. The molecule has 0 radical (unpaired) electrons. The van der Waals surface area contributed by atoms with E-state index < -0.39 is 5.82 Å². The molecule has 0 spiro atoms. The fourth-order valence-corrected chi connectivity index (χ4v) is 2.20. The number of fused-ring (bicyclic) bond motifs is 1. The molecule has 0 unspecified atom stereocenters. The topological polar surface area (TPSA) is 87.7 Å². The van der Waals surface area contributed by atoms with Crippen LogP contribution in [-0.4, -0.2) is 20.9 Å². The molecule has 23 heavy (non-hydrogen) atoms. The van der Waals surface area contributed by atoms with Gasteiger partial charge in [0.1, 0.15) is 5.82 Å². The minimum absolute atomic E-state index is 0.119. The summed E-state index contributed by atoms with van der Waals surface area (Å²) < 4.78 is 13.1. The second kappa shape index (κ2) is 6.35. The molecule has 3 rings (SSSR count). The van der Waals surface area contributed by atoms with Gasteiger partial charge in [0, 0.05) is 24.4 Å². The largest absolute Gasteiger partial charge is 0.322 e. The molecule has 6 nitrogen and oxygen atoms in total. The quantitative estimate of drug-likeness (QED) is 0.771. The van der Waals surface area contributed by atoms with E-state index in [-0.39, 0.29) is 30.3 Å². The number of carbonyl (C=O) groups is 1. The molecular formula is C16H13FN4O2. The monoisotopic (exact) mass is 312 g/mol. The van der Waals surface area contributed by atoms with Crippen molar-refractivity contribution >= 4 is 22.8 Å². The molecule has 3 aromatic rings. The van der Waals surface area contributed by atoms with Crippen LogP contribution in [0, 0.1) is 5.82 Å². The highest BCUT2D eigenvalue weighted by atomic mass is 19.1. The number of anilines is 1. The number of pyridine rings is 1. The van der Waals surface area contributed by atoms with Gasteiger partial charge in [-0.3, -0.25) is 14.9 Å². The predicted molar refractivity (Wildman–Crippen MR) is 83.5 cm³/mol. The van der Waals surface area contributed by atoms with E-state index in [0.29, 0.717) is 16.5 Å². The van der Waals surface area contributed by atoms with Crippen LogP contribution in [0.3, 0.4) is 0 Å². The second-order valence-corrected chi connectivity index (χ2v) is 4.98. The SMILES string of the molecule is O=C(CCc1cc2ccc(F)cc2[nH]c1=O)Nc1ncccn1. The molecule has 1 amide bonds. The number of H-pyrrole nitrogens is 1. The first-order chi connectivity index (χ1) is 11.1. The number of nitrogens with zero attached hydrogens (tertiary/aromatic N) is 2. The number of halogens is 1. The summed E-state index contributed by atoms with van der Waals surface area (Å²) in [6.45, 7) is 0. The zero-order chi connectivity index (χ0) is 16.2. The van der Waals surface area contributed by atoms with Gasteiger partial charge < -0.3 is 4.98 Å². The summed E-state index contributed by atoms with van der Waals surface area (Å²) >= 11 is 0. The molecule has 2 N–H and O–H groups in total. The lowest BCUT2D eigenvalue weighted by molar-refractivity contribution is -0.116. The van der Waals surface area contributed by atoms with Crippen molar-refractivity contribution in [2.45, 2.75) is 12.8 Å². The lowest BCUT2D eigenvalue weighted by Gasteiger charge is -2.04. The Morgan fingerprint density at radius 2 is 2.00 bits per heavy atom. The Morgan fingerprint density at radius 1 is 1.22 bits per heavy atom. The number of hydrogen-bond acceptors (Lipinski definition) is 4. The van der Waals surface area contributed by atoms with Crippen molar-refractivity contribution in [1.82, 2.24) is 15.0 Å². The smallest absolute Gasteiger partial charge is 0.251 e. The van der Waals surface area contributed by atoms with Gasteiger partial charge in [0.05, 0.1) is 5.52 Å². The normalized spacial score (nSPS) is 10.7. The van der Waals surface area contributed by atoms with E-state index in [1.165, 1.54) is 24.5 Å². The van der Waals surface area contributed by atoms with Crippen LogP contribution in [0.25, 0.3) is 10.9 Å². The van der Waals surface area contributed by atoms with Gasteiger partial charge in [-0.1, -0.05) is 0 Å². The fraction of sp³-hybridized carbons (Fsp3) is 0.125. The fourth-order valence-electron chi connectivity index (χ4n) is 2.20. The molecular weight excluding hydrogens is 299 g/mol. The van der Waals surface area contributed by atoms with Gasteiger partial charge in [0.2, 0.25) is 11.9 Å². The average Bonchev–Trinajstić information content (AvgIpc) is 2.54. The first-order valence-corrected chi connectivity index (χ1v) is 7.00. The van der Waals surface area contributed by atoms with Crippen LogP contribution < -0.4 is 10.9 Å². The Kier molecular flexibility index (Phi) is 4.09. The predicted octanol–water partition coefficient (Wildman–Crippen LogP) is 2.03. The van der Waals surface area contributed by atoms with Crippen molar-refractivity contribution in [2.75, 3.05) is 5.32 Å². The number of aromatic nitrogens is 3. The average molecular weight is 312 g/mol. The highest BCUT2D eigenvalue weighted by molar-refractivity contribution is 5.89. The van der Waals surface area contributed by atoms with E-state index in [1.54, 1.807) is 18.2 Å². The molecule has 0 aliphatic rings. The molecule has 2 aromatic heterocycles. The minimum atomic E-state index is -0.414. The highest BCUT2D eigenvalue weighted by Gasteiger charge is 2.08. The number of aromatic amines is 1. The van der Waals surface area contributed by atoms with E-state index in [9.17, 15) is 14.0 Å². The maximum Gasteiger partial charge on any atom is 0.251 e. The van der Waals surface area contributed by atoms with Crippen LogP contribution in [0.4, 0.5) is 10.3 Å². The van der Waals surface area contributed by atoms with Gasteiger partial charge in [-0.2, -0.15) is 0 Å². The van der Waals surface area contributed by atoms with Gasteiger partial charge in [0.25, 0.3) is 5.56 Å². The number of aryl methyl sites for hydroxylation is 1. The third-order valence-electron chi connectivity index (χ3n) is 3.32. The highest BCUT2D eigenvalue weighted by Crippen LogP contribution is 2.13. The number of carbonyl (C=O) groups excluding carboxylic acids is 1. The summed E-state index contributed by atoms with van der Waals surface area (Å²) in [6.07, 6.45) is 3.43. The number of hydrogen-bond donors (Lipinski definition) is 2. The molecule has 1 aromatic carbocycles. The molecule has 0 saturated carbocycles. The first-order valence-electron chi connectivity index (χ1n) is 7.00. The van der Waals surface area contributed by atoms with Crippen molar-refractivity contribution in [3.8, 4) is 0 Å². The molecule has 7 heteroatoms. The maximum absolute atomic E-state index is 13.1. The lowest BCUT2D eigenvalue weighted by Crippen LogP contribution is -2.18. The summed E-state index contributed by atoms with van der Waals surface area (Å²) in [5.41, 5.74) is 0.570. The number of benzene rings is 1. The Balaban J connectivity index is 1.71. The standard InChI is InChI=1S/C16H13FN4O2/c17-12-4-2-10-8-11(15(23)20-13(10)9-12)3-5-14(22)21-16-18-6-1-7-19-16/h1-2,4,6-9H,3,5H2,(H,20,23)(H,18,19,21,22). The lowest BCUT2D eigenvalue weighted by atomic mass is 10.1. The minimum Gasteiger partial charge on any atom is -0.322 e. The molecule has 0 saturated heterocycles. The number of nitrogens with one attached hydrogen (secondary N) is 2. The third-order valence-corrected chi connectivity index (χ3v) is 3.32. The molecule has 0 bridgehead atoms. The van der Waals surface area contributed by atoms with Gasteiger partial charge in [-0.25, -0.2) is 14.4 Å². The van der Waals surface area contributed by atoms with Gasteiger partial charge >= 0.3 is 0 Å². The van der Waals surface area contributed by atoms with Gasteiger partial charge in [-0.15, -0.1) is 0 Å². The Bertz CT molecular complexity index is 909. The summed E-state index contributed by atoms with van der Waals surface area (Å²) in [7, 11) is 0. The van der Waals surface area contributed by atoms with E-state index in [1.807, 2.05) is 0 Å². The van der Waals surface area contributed by atoms with Crippen molar-refractivity contribution in [1.29, 1.82) is 0 Å². The van der Waals surface area contributed by atoms with Crippen molar-refractivity contribution < 1.29 is 9.18 Å². The Labute approximate surface area is 130 Å². The summed E-state index contributed by atoms with van der Waals surface area (Å²) in [4.78, 5) is 34.2. The molecule has 0 aliphatic carbocycles. The summed E-state index contributed by atoms with van der Waals surface area (Å²) in [5.74, 6) is -0.474. The van der Waals surface area contributed by atoms with Crippen molar-refractivity contribution in [3.63, 3.8) is 0 Å². The van der Waals surface area contributed by atoms with Crippen LogP contribution >= 0.6 is 0 Å². The van der Waals surface area contributed by atoms with Crippen LogP contribution in [0.2, 0.25) is 0 Å². The van der Waals surface area contributed by atoms with Crippen molar-refractivity contribution in [3.05, 3.63) is 64.5 Å². The molecule has 0 fully saturated rings. The Morgan fingerprint density at radius 3 is 2.78 bits per heavy atom. The molecule has 116 valence electrons. The van der Waals surface area contributed by atoms with E-state index in [0.717, 1.165) is 0 Å². The number of amides is 1. The van der Waals surface area contributed by atoms with Crippen LogP contribution in [-0.2, 0) is 11.2 Å². The summed E-state index contributed by atoms with van der Waals surface area (Å²) in [6, 6.07) is 7.48. The van der Waals surface area contributed by atoms with Crippen LogP contribution in [0.15, 0.2) is 47.5 Å². The number of rotatable bonds is 4. The zero-order valence-electron chi connectivity index (χ0n) is 12.0. The van der Waals surface area contributed by atoms with E-state index in [2.05, 4.69) is 20.3 Å². The van der Waals surface area contributed by atoms with Gasteiger partial charge in [0.15, 0.2) is 0 Å². The Hall–Kier alpha value is -3.09. The molecule has 0 aliphatic heterocycles. The second-order valence-electron chi connectivity index (χ2n) is 4.98. The zero-order valence-corrected chi connectivity index (χ0v) is 12.0. The van der Waals surface area contributed by atoms with Crippen LogP contribution in [0.1, 0.15) is 12.0 Å². The molecule has 0 atom stereocenters. The van der Waals surface area contributed by atoms with E-state index in [4.69, 9.17) is 0 Å².